The van der Waals surface area contributed by atoms with Crippen LogP contribution in [-0.2, 0) is 4.74 Å². The van der Waals surface area contributed by atoms with Gasteiger partial charge in [0, 0.05) is 44.3 Å². The molecule has 0 spiro atoms. The molecule has 10 heteroatoms. The van der Waals surface area contributed by atoms with Crippen molar-refractivity contribution in [3.8, 4) is 10.6 Å². The lowest BCUT2D eigenvalue weighted by atomic mass is 10.1. The van der Waals surface area contributed by atoms with Crippen molar-refractivity contribution in [3.63, 3.8) is 0 Å². The van der Waals surface area contributed by atoms with E-state index in [9.17, 15) is 4.79 Å². The number of hydrogen-bond donors (Lipinski definition) is 2. The number of urea groups is 1. The van der Waals surface area contributed by atoms with E-state index in [1.807, 2.05) is 30.0 Å². The van der Waals surface area contributed by atoms with Gasteiger partial charge in [0.25, 0.3) is 0 Å². The average Bonchev–Trinajstić information content (AvgIpc) is 3.24. The first-order valence-corrected chi connectivity index (χ1v) is 11.4. The summed E-state index contributed by atoms with van der Waals surface area (Å²) in [6.45, 7) is 4.80. The van der Waals surface area contributed by atoms with Gasteiger partial charge >= 0.3 is 6.03 Å². The molecular weight excluding hydrogens is 414 g/mol. The Hall–Kier alpha value is -2.85. The van der Waals surface area contributed by atoms with Crippen LogP contribution in [0.3, 0.4) is 0 Å². The Morgan fingerprint density at radius 1 is 1.16 bits per heavy atom. The van der Waals surface area contributed by atoms with E-state index in [1.54, 1.807) is 18.4 Å². The number of carbonyl (C=O) groups excluding carboxylic acids is 1. The zero-order valence-corrected chi connectivity index (χ0v) is 18.7. The molecule has 1 aliphatic rings. The number of nitrogens with one attached hydrogen (secondary N) is 2. The first kappa shape index (κ1) is 21.4. The molecule has 0 unspecified atom stereocenters. The van der Waals surface area contributed by atoms with Crippen LogP contribution in [0.4, 0.5) is 16.3 Å². The van der Waals surface area contributed by atoms with Gasteiger partial charge in [-0.2, -0.15) is 0 Å². The number of rotatable bonds is 7. The van der Waals surface area contributed by atoms with Crippen molar-refractivity contribution in [1.29, 1.82) is 0 Å². The second kappa shape index (κ2) is 9.97. The van der Waals surface area contributed by atoms with Gasteiger partial charge in [-0.15, -0.1) is 20.4 Å². The minimum Gasteiger partial charge on any atom is -0.385 e. The number of amides is 2. The number of piperidine rings is 1. The molecule has 1 saturated heterocycles. The monoisotopic (exact) mass is 441 g/mol. The van der Waals surface area contributed by atoms with Crippen LogP contribution in [0.5, 0.6) is 0 Å². The van der Waals surface area contributed by atoms with Crippen LogP contribution in [0.1, 0.15) is 30.7 Å². The van der Waals surface area contributed by atoms with Gasteiger partial charge in [-0.3, -0.25) is 5.32 Å². The molecule has 31 heavy (non-hydrogen) atoms. The van der Waals surface area contributed by atoms with Crippen molar-refractivity contribution in [2.75, 3.05) is 44.0 Å². The molecule has 1 aromatic carbocycles. The molecule has 0 aliphatic carbocycles. The molecule has 2 amide bonds. The molecule has 1 aliphatic heterocycles. The second-order valence-electron chi connectivity index (χ2n) is 7.53. The summed E-state index contributed by atoms with van der Waals surface area (Å²) >= 11 is 1.54. The highest BCUT2D eigenvalue weighted by Gasteiger charge is 2.20. The lowest BCUT2D eigenvalue weighted by Crippen LogP contribution is -2.39. The summed E-state index contributed by atoms with van der Waals surface area (Å²) in [6.07, 6.45) is 4.06. The number of likely N-dealkylation sites (tertiary alicyclic amines) is 1. The predicted molar refractivity (Wildman–Crippen MR) is 123 cm³/mol. The van der Waals surface area contributed by atoms with Gasteiger partial charge in [-0.1, -0.05) is 11.3 Å². The summed E-state index contributed by atoms with van der Waals surface area (Å²) in [5.74, 6) is 0.436. The van der Waals surface area contributed by atoms with Crippen LogP contribution in [0.15, 0.2) is 18.2 Å². The van der Waals surface area contributed by atoms with Gasteiger partial charge in [0.05, 0.1) is 11.2 Å². The fourth-order valence-electron chi connectivity index (χ4n) is 3.62. The van der Waals surface area contributed by atoms with Crippen molar-refractivity contribution in [1.82, 2.24) is 25.3 Å². The van der Waals surface area contributed by atoms with Crippen molar-refractivity contribution >= 4 is 39.8 Å². The van der Waals surface area contributed by atoms with Crippen LogP contribution in [0.2, 0.25) is 0 Å². The minimum absolute atomic E-state index is 0.135. The lowest BCUT2D eigenvalue weighted by Gasteiger charge is -2.27. The molecule has 4 rings (SSSR count). The van der Waals surface area contributed by atoms with Crippen LogP contribution < -0.4 is 10.6 Å². The number of nitrogens with zero attached hydrogens (tertiary/aromatic N) is 5. The van der Waals surface area contributed by atoms with Crippen LogP contribution in [-0.4, -0.2) is 64.7 Å². The van der Waals surface area contributed by atoms with Gasteiger partial charge < -0.3 is 15.0 Å². The zero-order valence-electron chi connectivity index (χ0n) is 17.8. The summed E-state index contributed by atoms with van der Waals surface area (Å²) in [4.78, 5) is 14.6. The first-order valence-electron chi connectivity index (χ1n) is 10.6. The Kier molecular flexibility index (Phi) is 6.88. The fourth-order valence-corrected chi connectivity index (χ4v) is 4.31. The summed E-state index contributed by atoms with van der Waals surface area (Å²) < 4.78 is 5.16. The molecular formula is C21H27N7O2S. The molecule has 1 fully saturated rings. The van der Waals surface area contributed by atoms with Gasteiger partial charge in [-0.25, -0.2) is 4.79 Å². The Labute approximate surface area is 185 Å². The van der Waals surface area contributed by atoms with E-state index in [2.05, 4.69) is 31.0 Å². The Morgan fingerprint density at radius 2 is 2.00 bits per heavy atom. The predicted octanol–water partition coefficient (Wildman–Crippen LogP) is 3.92. The van der Waals surface area contributed by atoms with E-state index in [0.717, 1.165) is 64.5 Å². The summed E-state index contributed by atoms with van der Waals surface area (Å²) in [6, 6.07) is 5.78. The van der Waals surface area contributed by atoms with Crippen LogP contribution in [0, 0.1) is 6.92 Å². The highest BCUT2D eigenvalue weighted by Crippen LogP contribution is 2.33. The van der Waals surface area contributed by atoms with Crippen LogP contribution >= 0.6 is 11.3 Å². The standard InChI is InChI=1S/C21H27N7O2S/c1-14-24-27-20(31-14)15-7-8-17-16(13-15)18(22-9-6-12-30-2)19(26-25-17)23-21(29)28-10-4-3-5-11-28/h7-8,13H,3-6,9-12H2,1-2H3,(H,22,25)(H,23,26,29). The van der Waals surface area contributed by atoms with E-state index in [0.29, 0.717) is 19.0 Å². The normalized spacial score (nSPS) is 14.1. The van der Waals surface area contributed by atoms with E-state index >= 15 is 0 Å². The van der Waals surface area contributed by atoms with Crippen molar-refractivity contribution in [3.05, 3.63) is 23.2 Å². The quantitative estimate of drug-likeness (QED) is 0.535. The topological polar surface area (TPSA) is 105 Å². The van der Waals surface area contributed by atoms with Gasteiger partial charge in [0.1, 0.15) is 10.0 Å². The Bertz CT molecular complexity index is 1050. The number of aryl methyl sites for hydroxylation is 1. The summed E-state index contributed by atoms with van der Waals surface area (Å²) in [5.41, 5.74) is 2.46. The van der Waals surface area contributed by atoms with E-state index < -0.39 is 0 Å². The van der Waals surface area contributed by atoms with Gasteiger partial charge in [0.15, 0.2) is 5.82 Å². The molecule has 9 nitrogen and oxygen atoms in total. The average molecular weight is 442 g/mol. The van der Waals surface area contributed by atoms with E-state index in [4.69, 9.17) is 4.74 Å². The third-order valence-corrected chi connectivity index (χ3v) is 6.12. The highest BCUT2D eigenvalue weighted by atomic mass is 32.1. The maximum atomic E-state index is 12.8. The summed E-state index contributed by atoms with van der Waals surface area (Å²) in [5, 5.41) is 26.1. The van der Waals surface area contributed by atoms with E-state index in [1.165, 1.54) is 6.42 Å². The molecule has 0 bridgehead atoms. The maximum Gasteiger partial charge on any atom is 0.323 e. The highest BCUT2D eigenvalue weighted by molar-refractivity contribution is 7.14. The molecule has 2 aromatic heterocycles. The second-order valence-corrected chi connectivity index (χ2v) is 8.71. The number of carbonyl (C=O) groups is 1. The molecule has 3 aromatic rings. The summed E-state index contributed by atoms with van der Waals surface area (Å²) in [7, 11) is 1.68. The number of anilines is 2. The van der Waals surface area contributed by atoms with Crippen molar-refractivity contribution in [2.24, 2.45) is 0 Å². The third-order valence-electron chi connectivity index (χ3n) is 5.23. The van der Waals surface area contributed by atoms with Crippen molar-refractivity contribution < 1.29 is 9.53 Å². The van der Waals surface area contributed by atoms with Gasteiger partial charge in [-0.05, 0) is 50.8 Å². The number of ether oxygens (including phenoxy) is 1. The number of aromatic nitrogens is 4. The molecule has 3 heterocycles. The number of hydrogen-bond acceptors (Lipinski definition) is 8. The fraction of sp³-hybridized carbons (Fsp3) is 0.476. The molecule has 2 N–H and O–H groups in total. The smallest absolute Gasteiger partial charge is 0.323 e. The number of fused-ring (bicyclic) bond motifs is 1. The number of methoxy groups -OCH3 is 1. The maximum absolute atomic E-state index is 12.8. The molecule has 0 saturated carbocycles. The van der Waals surface area contributed by atoms with Gasteiger partial charge in [0.2, 0.25) is 0 Å². The molecule has 0 radical (unpaired) electrons. The zero-order chi connectivity index (χ0) is 21.6. The van der Waals surface area contributed by atoms with Crippen LogP contribution in [0.25, 0.3) is 21.5 Å². The largest absolute Gasteiger partial charge is 0.385 e. The Balaban J connectivity index is 1.68. The third kappa shape index (κ3) is 5.08. The SMILES string of the molecule is COCCCNc1c(NC(=O)N2CCCCC2)nnc2ccc(-c3nnc(C)s3)cc12. The lowest BCUT2D eigenvalue weighted by molar-refractivity contribution is 0.197. The Morgan fingerprint density at radius 3 is 2.74 bits per heavy atom. The number of benzene rings is 1. The molecule has 0 atom stereocenters. The minimum atomic E-state index is -0.135. The molecule has 164 valence electrons. The van der Waals surface area contributed by atoms with E-state index in [-0.39, 0.29) is 6.03 Å². The first-order chi connectivity index (χ1) is 15.2. The van der Waals surface area contributed by atoms with Crippen molar-refractivity contribution in [2.45, 2.75) is 32.6 Å².